The Morgan fingerprint density at radius 3 is 2.89 bits per heavy atom. The average Bonchev–Trinajstić information content (AvgIpc) is 2.71. The summed E-state index contributed by atoms with van der Waals surface area (Å²) in [5.74, 6) is -0.218. The molecule has 2 rings (SSSR count). The van der Waals surface area contributed by atoms with E-state index in [0.717, 1.165) is 10.9 Å². The number of nitrogen functional groups attached to an aromatic ring is 1. The molecule has 0 unspecified atom stereocenters. The number of H-pyrrole nitrogens is 1. The topological polar surface area (TPSA) is 91.1 Å². The fourth-order valence-corrected chi connectivity index (χ4v) is 1.75. The Balaban J connectivity index is 2.34. The maximum atomic E-state index is 12.1. The predicted octanol–water partition coefficient (Wildman–Crippen LogP) is 1.25. The molecular weight excluding hydrogens is 230 g/mol. The molecule has 5 heteroatoms. The third-order valence-corrected chi connectivity index (χ3v) is 2.80. The van der Waals surface area contributed by atoms with E-state index in [0.29, 0.717) is 11.3 Å². The van der Waals surface area contributed by atoms with Gasteiger partial charge in [0.05, 0.1) is 17.7 Å². The number of carbonyl (C=O) groups is 1. The molecule has 96 valence electrons. The molecule has 5 nitrogen and oxygen atoms in total. The molecule has 0 bridgehead atoms. The van der Waals surface area contributed by atoms with Crippen molar-refractivity contribution in [1.82, 2.24) is 10.3 Å². The van der Waals surface area contributed by atoms with Crippen molar-refractivity contribution in [2.75, 3.05) is 12.3 Å². The van der Waals surface area contributed by atoms with Gasteiger partial charge in [0.25, 0.3) is 5.91 Å². The normalized spacial score (nSPS) is 11.7. The van der Waals surface area contributed by atoms with Crippen LogP contribution in [0.15, 0.2) is 24.4 Å². The second kappa shape index (κ2) is 4.34. The van der Waals surface area contributed by atoms with Crippen molar-refractivity contribution >= 4 is 22.5 Å². The van der Waals surface area contributed by atoms with Crippen LogP contribution in [-0.4, -0.2) is 28.1 Å². The highest BCUT2D eigenvalue weighted by molar-refractivity contribution is 6.07. The Morgan fingerprint density at radius 1 is 1.50 bits per heavy atom. The third-order valence-electron chi connectivity index (χ3n) is 2.80. The van der Waals surface area contributed by atoms with Crippen LogP contribution in [0, 0.1) is 0 Å². The zero-order valence-corrected chi connectivity index (χ0v) is 10.4. The quantitative estimate of drug-likeness (QED) is 0.615. The lowest BCUT2D eigenvalue weighted by atomic mass is 10.1. The second-order valence-electron chi connectivity index (χ2n) is 5.00. The fraction of sp³-hybridized carbons (Fsp3) is 0.308. The highest BCUT2D eigenvalue weighted by Crippen LogP contribution is 2.21. The molecule has 1 amide bonds. The summed E-state index contributed by atoms with van der Waals surface area (Å²) in [5.41, 5.74) is 7.05. The monoisotopic (exact) mass is 247 g/mol. The maximum absolute atomic E-state index is 12.1. The summed E-state index contributed by atoms with van der Waals surface area (Å²) < 4.78 is 0. The van der Waals surface area contributed by atoms with E-state index in [1.54, 1.807) is 32.2 Å². The Kier molecular flexibility index (Phi) is 3.00. The summed E-state index contributed by atoms with van der Waals surface area (Å²) in [7, 11) is 0. The first-order valence-corrected chi connectivity index (χ1v) is 5.73. The highest BCUT2D eigenvalue weighted by atomic mass is 16.3. The molecule has 0 aliphatic carbocycles. The van der Waals surface area contributed by atoms with E-state index in [-0.39, 0.29) is 12.5 Å². The van der Waals surface area contributed by atoms with Gasteiger partial charge in [-0.2, -0.15) is 0 Å². The number of amides is 1. The molecule has 2 aromatic rings. The van der Waals surface area contributed by atoms with Crippen LogP contribution in [0.25, 0.3) is 10.9 Å². The molecule has 0 fully saturated rings. The van der Waals surface area contributed by atoms with Gasteiger partial charge in [-0.15, -0.1) is 0 Å². The number of aromatic nitrogens is 1. The van der Waals surface area contributed by atoms with Crippen molar-refractivity contribution in [3.05, 3.63) is 30.0 Å². The van der Waals surface area contributed by atoms with Crippen LogP contribution in [0.2, 0.25) is 0 Å². The SMILES string of the molecule is CC(C)(CO)NC(=O)c1c[nH]c2cc(N)ccc12. The van der Waals surface area contributed by atoms with Gasteiger partial charge in [-0.3, -0.25) is 4.79 Å². The maximum Gasteiger partial charge on any atom is 0.253 e. The largest absolute Gasteiger partial charge is 0.399 e. The van der Waals surface area contributed by atoms with Gasteiger partial charge >= 0.3 is 0 Å². The molecule has 1 aromatic heterocycles. The molecule has 0 aliphatic heterocycles. The number of aliphatic hydroxyl groups is 1. The molecule has 1 heterocycles. The predicted molar refractivity (Wildman–Crippen MR) is 71.3 cm³/mol. The van der Waals surface area contributed by atoms with Crippen molar-refractivity contribution in [3.8, 4) is 0 Å². The minimum atomic E-state index is -0.644. The van der Waals surface area contributed by atoms with Gasteiger partial charge in [-0.25, -0.2) is 0 Å². The lowest BCUT2D eigenvalue weighted by Crippen LogP contribution is -2.46. The van der Waals surface area contributed by atoms with Crippen molar-refractivity contribution in [1.29, 1.82) is 0 Å². The zero-order valence-electron chi connectivity index (χ0n) is 10.4. The van der Waals surface area contributed by atoms with Crippen LogP contribution in [0.5, 0.6) is 0 Å². The first kappa shape index (κ1) is 12.4. The second-order valence-corrected chi connectivity index (χ2v) is 5.00. The number of nitrogens with one attached hydrogen (secondary N) is 2. The Morgan fingerprint density at radius 2 is 2.22 bits per heavy atom. The highest BCUT2D eigenvalue weighted by Gasteiger charge is 2.21. The number of fused-ring (bicyclic) bond motifs is 1. The number of hydrogen-bond donors (Lipinski definition) is 4. The van der Waals surface area contributed by atoms with Crippen LogP contribution in [-0.2, 0) is 0 Å². The number of rotatable bonds is 3. The summed E-state index contributed by atoms with van der Waals surface area (Å²) >= 11 is 0. The summed E-state index contributed by atoms with van der Waals surface area (Å²) in [6.07, 6.45) is 1.65. The van der Waals surface area contributed by atoms with Crippen LogP contribution in [0.4, 0.5) is 5.69 Å². The molecule has 0 atom stereocenters. The molecule has 0 aliphatic rings. The van der Waals surface area contributed by atoms with Crippen molar-refractivity contribution < 1.29 is 9.90 Å². The Labute approximate surface area is 105 Å². The van der Waals surface area contributed by atoms with E-state index < -0.39 is 5.54 Å². The Hall–Kier alpha value is -2.01. The molecule has 5 N–H and O–H groups in total. The molecule has 1 aromatic carbocycles. The van der Waals surface area contributed by atoms with Gasteiger partial charge in [0.15, 0.2) is 0 Å². The first-order valence-electron chi connectivity index (χ1n) is 5.73. The summed E-state index contributed by atoms with van der Waals surface area (Å²) in [5, 5.41) is 12.7. The van der Waals surface area contributed by atoms with Crippen molar-refractivity contribution in [2.45, 2.75) is 19.4 Å². The van der Waals surface area contributed by atoms with Crippen LogP contribution in [0.1, 0.15) is 24.2 Å². The number of nitrogens with two attached hydrogens (primary N) is 1. The number of aromatic amines is 1. The summed E-state index contributed by atoms with van der Waals surface area (Å²) in [6.45, 7) is 3.41. The molecule has 18 heavy (non-hydrogen) atoms. The van der Waals surface area contributed by atoms with E-state index in [1.807, 2.05) is 6.07 Å². The van der Waals surface area contributed by atoms with E-state index in [1.165, 1.54) is 0 Å². The Bertz CT molecular complexity index is 587. The number of anilines is 1. The average molecular weight is 247 g/mol. The number of benzene rings is 1. The molecule has 0 radical (unpaired) electrons. The van der Waals surface area contributed by atoms with Gasteiger partial charge < -0.3 is 21.1 Å². The summed E-state index contributed by atoms with van der Waals surface area (Å²) in [4.78, 5) is 15.1. The molecule has 0 spiro atoms. The zero-order chi connectivity index (χ0) is 13.3. The molecule has 0 saturated carbocycles. The van der Waals surface area contributed by atoms with Crippen LogP contribution < -0.4 is 11.1 Å². The first-order chi connectivity index (χ1) is 8.43. The van der Waals surface area contributed by atoms with Crippen LogP contribution in [0.3, 0.4) is 0 Å². The van der Waals surface area contributed by atoms with E-state index in [4.69, 9.17) is 10.8 Å². The molecular formula is C13H17N3O2. The standard InChI is InChI=1S/C13H17N3O2/c1-13(2,7-17)16-12(18)10-6-15-11-5-8(14)3-4-9(10)11/h3-6,15,17H,7,14H2,1-2H3,(H,16,18). The lowest BCUT2D eigenvalue weighted by Gasteiger charge is -2.23. The van der Waals surface area contributed by atoms with E-state index in [2.05, 4.69) is 10.3 Å². The fourth-order valence-electron chi connectivity index (χ4n) is 1.75. The lowest BCUT2D eigenvalue weighted by molar-refractivity contribution is 0.0871. The van der Waals surface area contributed by atoms with E-state index >= 15 is 0 Å². The minimum Gasteiger partial charge on any atom is -0.399 e. The van der Waals surface area contributed by atoms with E-state index in [9.17, 15) is 4.79 Å². The number of hydrogen-bond acceptors (Lipinski definition) is 3. The van der Waals surface area contributed by atoms with Crippen LogP contribution >= 0.6 is 0 Å². The third kappa shape index (κ3) is 2.31. The van der Waals surface area contributed by atoms with Crippen molar-refractivity contribution in [2.24, 2.45) is 0 Å². The summed E-state index contributed by atoms with van der Waals surface area (Å²) in [6, 6.07) is 5.34. The number of aliphatic hydroxyl groups excluding tert-OH is 1. The van der Waals surface area contributed by atoms with Gasteiger partial charge in [0.1, 0.15) is 0 Å². The van der Waals surface area contributed by atoms with Gasteiger partial charge in [0, 0.05) is 22.8 Å². The van der Waals surface area contributed by atoms with Crippen molar-refractivity contribution in [3.63, 3.8) is 0 Å². The van der Waals surface area contributed by atoms with Gasteiger partial charge in [-0.1, -0.05) is 0 Å². The molecule has 0 saturated heterocycles. The van der Waals surface area contributed by atoms with Gasteiger partial charge in [-0.05, 0) is 32.0 Å². The smallest absolute Gasteiger partial charge is 0.253 e. The minimum absolute atomic E-state index is 0.117. The number of carbonyl (C=O) groups excluding carboxylic acids is 1. The van der Waals surface area contributed by atoms with Gasteiger partial charge in [0.2, 0.25) is 0 Å².